The standard InChI is InChI=1S/C14H12N4OS/c1-10-7-16-14(17-8-10)20-9-13(19)18-12-4-2-3-11(5-12)6-15/h2-5,7-8H,9H2,1H3,(H,18,19). The van der Waals surface area contributed by atoms with Gasteiger partial charge in [0.2, 0.25) is 5.91 Å². The summed E-state index contributed by atoms with van der Waals surface area (Å²) in [7, 11) is 0. The third-order valence-corrected chi connectivity index (χ3v) is 3.24. The molecule has 0 aliphatic carbocycles. The van der Waals surface area contributed by atoms with Crippen molar-refractivity contribution in [2.75, 3.05) is 11.1 Å². The Hall–Kier alpha value is -2.39. The first kappa shape index (κ1) is 14.0. The molecule has 0 spiro atoms. The van der Waals surface area contributed by atoms with E-state index in [1.165, 1.54) is 11.8 Å². The van der Waals surface area contributed by atoms with Gasteiger partial charge in [-0.05, 0) is 30.7 Å². The maximum Gasteiger partial charge on any atom is 0.234 e. The number of nitrogens with zero attached hydrogens (tertiary/aromatic N) is 3. The Labute approximate surface area is 121 Å². The number of carbonyl (C=O) groups excluding carboxylic acids is 1. The van der Waals surface area contributed by atoms with E-state index < -0.39 is 0 Å². The maximum atomic E-state index is 11.8. The van der Waals surface area contributed by atoms with Crippen LogP contribution in [0.15, 0.2) is 41.8 Å². The molecule has 0 radical (unpaired) electrons. The van der Waals surface area contributed by atoms with Gasteiger partial charge >= 0.3 is 0 Å². The number of anilines is 1. The van der Waals surface area contributed by atoms with Gasteiger partial charge in [0, 0.05) is 18.1 Å². The molecule has 2 rings (SSSR count). The van der Waals surface area contributed by atoms with E-state index in [2.05, 4.69) is 15.3 Å². The van der Waals surface area contributed by atoms with Gasteiger partial charge in [-0.15, -0.1) is 0 Å². The quantitative estimate of drug-likeness (QED) is 0.689. The molecule has 20 heavy (non-hydrogen) atoms. The van der Waals surface area contributed by atoms with Crippen LogP contribution in [0, 0.1) is 18.3 Å². The summed E-state index contributed by atoms with van der Waals surface area (Å²) in [6.07, 6.45) is 3.42. The van der Waals surface area contributed by atoms with Crippen molar-refractivity contribution in [3.05, 3.63) is 47.8 Å². The Bertz CT molecular complexity index is 649. The van der Waals surface area contributed by atoms with Gasteiger partial charge in [0.1, 0.15) is 0 Å². The SMILES string of the molecule is Cc1cnc(SCC(=O)Nc2cccc(C#N)c2)nc1. The van der Waals surface area contributed by atoms with Crippen LogP contribution in [0.25, 0.3) is 0 Å². The molecule has 0 saturated heterocycles. The van der Waals surface area contributed by atoms with Crippen LogP contribution in [0.2, 0.25) is 0 Å². The normalized spacial score (nSPS) is 9.80. The van der Waals surface area contributed by atoms with Crippen LogP contribution in [0.3, 0.4) is 0 Å². The van der Waals surface area contributed by atoms with E-state index >= 15 is 0 Å². The molecule has 6 heteroatoms. The summed E-state index contributed by atoms with van der Waals surface area (Å²) >= 11 is 1.27. The molecule has 0 aliphatic heterocycles. The first-order valence-electron chi connectivity index (χ1n) is 5.89. The molecule has 0 bridgehead atoms. The van der Waals surface area contributed by atoms with Gasteiger partial charge in [0.15, 0.2) is 5.16 Å². The highest BCUT2D eigenvalue weighted by molar-refractivity contribution is 7.99. The molecule has 100 valence electrons. The minimum Gasteiger partial charge on any atom is -0.325 e. The van der Waals surface area contributed by atoms with Crippen molar-refractivity contribution in [1.29, 1.82) is 5.26 Å². The number of rotatable bonds is 4. The van der Waals surface area contributed by atoms with Crippen molar-refractivity contribution >= 4 is 23.4 Å². The van der Waals surface area contributed by atoms with E-state index in [9.17, 15) is 4.79 Å². The van der Waals surface area contributed by atoms with Crippen molar-refractivity contribution < 1.29 is 4.79 Å². The second-order valence-electron chi connectivity index (χ2n) is 4.07. The van der Waals surface area contributed by atoms with Gasteiger partial charge in [-0.2, -0.15) is 5.26 Å². The first-order valence-corrected chi connectivity index (χ1v) is 6.87. The van der Waals surface area contributed by atoms with Crippen molar-refractivity contribution in [3.63, 3.8) is 0 Å². The lowest BCUT2D eigenvalue weighted by Gasteiger charge is -2.04. The molecule has 2 aromatic rings. The smallest absolute Gasteiger partial charge is 0.234 e. The molecular formula is C14H12N4OS. The van der Waals surface area contributed by atoms with Crippen molar-refractivity contribution in [1.82, 2.24) is 9.97 Å². The van der Waals surface area contributed by atoms with Gasteiger partial charge in [-0.1, -0.05) is 17.8 Å². The van der Waals surface area contributed by atoms with Crippen LogP contribution in [-0.2, 0) is 4.79 Å². The number of carbonyl (C=O) groups is 1. The van der Waals surface area contributed by atoms with Gasteiger partial charge in [0.25, 0.3) is 0 Å². The topological polar surface area (TPSA) is 78.7 Å². The fourth-order valence-electron chi connectivity index (χ4n) is 1.45. The Morgan fingerprint density at radius 2 is 2.15 bits per heavy atom. The van der Waals surface area contributed by atoms with E-state index in [0.717, 1.165) is 5.56 Å². The summed E-state index contributed by atoms with van der Waals surface area (Å²) in [4.78, 5) is 20.0. The van der Waals surface area contributed by atoms with Gasteiger partial charge in [0.05, 0.1) is 17.4 Å². The van der Waals surface area contributed by atoms with Crippen LogP contribution >= 0.6 is 11.8 Å². The number of hydrogen-bond donors (Lipinski definition) is 1. The fraction of sp³-hybridized carbons (Fsp3) is 0.143. The number of hydrogen-bond acceptors (Lipinski definition) is 5. The Morgan fingerprint density at radius 3 is 2.85 bits per heavy atom. The summed E-state index contributed by atoms with van der Waals surface area (Å²) in [5.41, 5.74) is 2.10. The lowest BCUT2D eigenvalue weighted by molar-refractivity contribution is -0.113. The zero-order valence-electron chi connectivity index (χ0n) is 10.8. The summed E-state index contributed by atoms with van der Waals surface area (Å²) in [5.74, 6) is 0.0640. The lowest BCUT2D eigenvalue weighted by Crippen LogP contribution is -2.14. The van der Waals surface area contributed by atoms with E-state index in [1.54, 1.807) is 36.7 Å². The Balaban J connectivity index is 1.89. The second-order valence-corrected chi connectivity index (χ2v) is 5.01. The molecular weight excluding hydrogens is 272 g/mol. The highest BCUT2D eigenvalue weighted by Gasteiger charge is 2.05. The Kier molecular flexibility index (Phi) is 4.69. The number of thioether (sulfide) groups is 1. The summed E-state index contributed by atoms with van der Waals surface area (Å²) in [6, 6.07) is 8.81. The molecule has 1 aromatic heterocycles. The predicted molar refractivity (Wildman–Crippen MR) is 77.3 cm³/mol. The number of amides is 1. The minimum absolute atomic E-state index is 0.158. The second kappa shape index (κ2) is 6.68. The predicted octanol–water partition coefficient (Wildman–Crippen LogP) is 2.39. The van der Waals surface area contributed by atoms with Gasteiger partial charge in [-0.3, -0.25) is 4.79 Å². The van der Waals surface area contributed by atoms with Crippen LogP contribution in [-0.4, -0.2) is 21.6 Å². The zero-order valence-corrected chi connectivity index (χ0v) is 11.6. The highest BCUT2D eigenvalue weighted by atomic mass is 32.2. The largest absolute Gasteiger partial charge is 0.325 e. The molecule has 1 heterocycles. The zero-order chi connectivity index (χ0) is 14.4. The van der Waals surface area contributed by atoms with Gasteiger partial charge < -0.3 is 5.32 Å². The maximum absolute atomic E-state index is 11.8. The average Bonchev–Trinajstić information content (AvgIpc) is 2.47. The molecule has 1 N–H and O–H groups in total. The van der Waals surface area contributed by atoms with Crippen LogP contribution in [0.5, 0.6) is 0 Å². The monoisotopic (exact) mass is 284 g/mol. The fourth-order valence-corrected chi connectivity index (χ4v) is 2.04. The number of benzene rings is 1. The molecule has 1 aromatic carbocycles. The lowest BCUT2D eigenvalue weighted by atomic mass is 10.2. The van der Waals surface area contributed by atoms with Crippen LogP contribution in [0.1, 0.15) is 11.1 Å². The molecule has 0 atom stereocenters. The number of nitrogens with one attached hydrogen (secondary N) is 1. The molecule has 0 fully saturated rings. The summed E-state index contributed by atoms with van der Waals surface area (Å²) in [5, 5.41) is 12.1. The van der Waals surface area contributed by atoms with Gasteiger partial charge in [-0.25, -0.2) is 9.97 Å². The Morgan fingerprint density at radius 1 is 1.40 bits per heavy atom. The molecule has 1 amide bonds. The van der Waals surface area contributed by atoms with Crippen LogP contribution < -0.4 is 5.32 Å². The molecule has 0 aliphatic rings. The average molecular weight is 284 g/mol. The first-order chi connectivity index (χ1) is 9.67. The van der Waals surface area contributed by atoms with Crippen LogP contribution in [0.4, 0.5) is 5.69 Å². The number of aromatic nitrogens is 2. The van der Waals surface area contributed by atoms with E-state index in [-0.39, 0.29) is 11.7 Å². The minimum atomic E-state index is -0.158. The molecule has 0 saturated carbocycles. The molecule has 5 nitrogen and oxygen atoms in total. The third-order valence-electron chi connectivity index (χ3n) is 2.37. The van der Waals surface area contributed by atoms with E-state index in [1.807, 2.05) is 13.0 Å². The molecule has 0 unspecified atom stereocenters. The van der Waals surface area contributed by atoms with Crippen molar-refractivity contribution in [2.24, 2.45) is 0 Å². The summed E-state index contributed by atoms with van der Waals surface area (Å²) < 4.78 is 0. The van der Waals surface area contributed by atoms with Crippen molar-refractivity contribution in [2.45, 2.75) is 12.1 Å². The number of aryl methyl sites for hydroxylation is 1. The van der Waals surface area contributed by atoms with Crippen molar-refractivity contribution in [3.8, 4) is 6.07 Å². The number of nitriles is 1. The third kappa shape index (κ3) is 4.07. The van der Waals surface area contributed by atoms with E-state index in [0.29, 0.717) is 16.4 Å². The van der Waals surface area contributed by atoms with E-state index in [4.69, 9.17) is 5.26 Å². The summed E-state index contributed by atoms with van der Waals surface area (Å²) in [6.45, 7) is 1.91. The highest BCUT2D eigenvalue weighted by Crippen LogP contribution is 2.14.